The standard InChI is InChI=1S/C28H33N3O4/c1-33-25-16-19(17-26(34-2)27(25)35-3)24-18-22(21-10-6-7-11-23(21)29-24)28(32)31-14-12-30(13-15-31)20-8-4-5-9-20/h6-7,10-11,16-18,20H,4-5,8-9,12-15H2,1-3H3. The first-order valence-electron chi connectivity index (χ1n) is 12.4. The first-order chi connectivity index (χ1) is 17.1. The molecule has 1 aliphatic heterocycles. The van der Waals surface area contributed by atoms with E-state index in [1.807, 2.05) is 47.4 Å². The van der Waals surface area contributed by atoms with Crippen LogP contribution in [0.15, 0.2) is 42.5 Å². The molecular weight excluding hydrogens is 442 g/mol. The molecule has 0 spiro atoms. The average Bonchev–Trinajstić information content (AvgIpc) is 3.46. The van der Waals surface area contributed by atoms with Gasteiger partial charge in [0, 0.05) is 43.2 Å². The number of carbonyl (C=O) groups excluding carboxylic acids is 1. The molecule has 2 aliphatic rings. The van der Waals surface area contributed by atoms with Gasteiger partial charge in [0.2, 0.25) is 5.75 Å². The molecular formula is C28H33N3O4. The molecule has 2 heterocycles. The van der Waals surface area contributed by atoms with Crippen LogP contribution in [0.25, 0.3) is 22.2 Å². The molecule has 0 bridgehead atoms. The van der Waals surface area contributed by atoms with Gasteiger partial charge in [-0.2, -0.15) is 0 Å². The van der Waals surface area contributed by atoms with Gasteiger partial charge in [-0.25, -0.2) is 4.98 Å². The molecule has 2 aromatic carbocycles. The molecule has 184 valence electrons. The van der Waals surface area contributed by atoms with Gasteiger partial charge in [-0.3, -0.25) is 9.69 Å². The number of benzene rings is 2. The maximum atomic E-state index is 13.8. The van der Waals surface area contributed by atoms with Crippen LogP contribution in [-0.4, -0.2) is 74.2 Å². The van der Waals surface area contributed by atoms with Gasteiger partial charge < -0.3 is 19.1 Å². The summed E-state index contributed by atoms with van der Waals surface area (Å²) < 4.78 is 16.6. The number of pyridine rings is 1. The maximum Gasteiger partial charge on any atom is 0.254 e. The molecule has 1 aliphatic carbocycles. The second-order valence-corrected chi connectivity index (χ2v) is 9.25. The van der Waals surface area contributed by atoms with Gasteiger partial charge in [-0.05, 0) is 37.1 Å². The number of piperazine rings is 1. The number of hydrogen-bond donors (Lipinski definition) is 0. The van der Waals surface area contributed by atoms with Crippen molar-refractivity contribution in [3.05, 3.63) is 48.0 Å². The average molecular weight is 476 g/mol. The molecule has 0 unspecified atom stereocenters. The van der Waals surface area contributed by atoms with Gasteiger partial charge in [0.25, 0.3) is 5.91 Å². The molecule has 7 nitrogen and oxygen atoms in total. The first-order valence-corrected chi connectivity index (χ1v) is 12.4. The molecule has 0 N–H and O–H groups in total. The molecule has 35 heavy (non-hydrogen) atoms. The molecule has 3 aromatic rings. The summed E-state index contributed by atoms with van der Waals surface area (Å²) in [5.41, 5.74) is 2.95. The Hall–Kier alpha value is -3.32. The van der Waals surface area contributed by atoms with Crippen LogP contribution in [0.1, 0.15) is 36.0 Å². The quantitative estimate of drug-likeness (QED) is 0.518. The first kappa shape index (κ1) is 23.4. The topological polar surface area (TPSA) is 64.1 Å². The smallest absolute Gasteiger partial charge is 0.254 e. The second-order valence-electron chi connectivity index (χ2n) is 9.25. The lowest BCUT2D eigenvalue weighted by Crippen LogP contribution is -2.51. The van der Waals surface area contributed by atoms with Gasteiger partial charge in [-0.1, -0.05) is 31.0 Å². The predicted octanol–water partition coefficient (Wildman–Crippen LogP) is 4.63. The van der Waals surface area contributed by atoms with Gasteiger partial charge in [-0.15, -0.1) is 0 Å². The number of carbonyl (C=O) groups is 1. The SMILES string of the molecule is COc1cc(-c2cc(C(=O)N3CCN(C4CCCC4)CC3)c3ccccc3n2)cc(OC)c1OC. The Labute approximate surface area is 206 Å². The summed E-state index contributed by atoms with van der Waals surface area (Å²) in [6.07, 6.45) is 5.25. The third-order valence-corrected chi connectivity index (χ3v) is 7.35. The number of ether oxygens (including phenoxy) is 3. The number of amides is 1. The number of nitrogens with zero attached hydrogens (tertiary/aromatic N) is 3. The van der Waals surface area contributed by atoms with Crippen LogP contribution in [0.2, 0.25) is 0 Å². The summed E-state index contributed by atoms with van der Waals surface area (Å²) in [6.45, 7) is 3.40. The van der Waals surface area contributed by atoms with Crippen molar-refractivity contribution in [1.82, 2.24) is 14.8 Å². The lowest BCUT2D eigenvalue weighted by molar-refractivity contribution is 0.0575. The van der Waals surface area contributed by atoms with Crippen molar-refractivity contribution in [2.24, 2.45) is 0 Å². The van der Waals surface area contributed by atoms with E-state index in [2.05, 4.69) is 4.90 Å². The fourth-order valence-electron chi connectivity index (χ4n) is 5.46. The van der Waals surface area contributed by atoms with E-state index in [0.717, 1.165) is 42.6 Å². The second kappa shape index (κ2) is 10.1. The Morgan fingerprint density at radius 3 is 2.17 bits per heavy atom. The van der Waals surface area contributed by atoms with E-state index in [-0.39, 0.29) is 5.91 Å². The van der Waals surface area contributed by atoms with E-state index >= 15 is 0 Å². The summed E-state index contributed by atoms with van der Waals surface area (Å²) in [4.78, 5) is 23.2. The van der Waals surface area contributed by atoms with Crippen molar-refractivity contribution < 1.29 is 19.0 Å². The zero-order valence-electron chi connectivity index (χ0n) is 20.8. The van der Waals surface area contributed by atoms with Crippen molar-refractivity contribution in [3.63, 3.8) is 0 Å². The van der Waals surface area contributed by atoms with E-state index in [1.54, 1.807) is 21.3 Å². The highest BCUT2D eigenvalue weighted by molar-refractivity contribution is 6.07. The minimum atomic E-state index is 0.0587. The largest absolute Gasteiger partial charge is 0.493 e. The fraction of sp³-hybridized carbons (Fsp3) is 0.429. The Bertz CT molecular complexity index is 1190. The summed E-state index contributed by atoms with van der Waals surface area (Å²) in [5, 5.41) is 0.868. The minimum absolute atomic E-state index is 0.0587. The van der Waals surface area contributed by atoms with Crippen molar-refractivity contribution in [2.75, 3.05) is 47.5 Å². The Morgan fingerprint density at radius 2 is 1.54 bits per heavy atom. The molecule has 5 rings (SSSR count). The van der Waals surface area contributed by atoms with E-state index in [4.69, 9.17) is 19.2 Å². The van der Waals surface area contributed by atoms with Gasteiger partial charge >= 0.3 is 0 Å². The molecule has 1 aromatic heterocycles. The van der Waals surface area contributed by atoms with Crippen LogP contribution in [0, 0.1) is 0 Å². The summed E-state index contributed by atoms with van der Waals surface area (Å²) in [7, 11) is 4.77. The maximum absolute atomic E-state index is 13.8. The van der Waals surface area contributed by atoms with Gasteiger partial charge in [0.15, 0.2) is 11.5 Å². The Kier molecular flexibility index (Phi) is 6.77. The number of methoxy groups -OCH3 is 3. The molecule has 1 saturated carbocycles. The minimum Gasteiger partial charge on any atom is -0.493 e. The van der Waals surface area contributed by atoms with Crippen molar-refractivity contribution in [1.29, 1.82) is 0 Å². The predicted molar refractivity (Wildman–Crippen MR) is 137 cm³/mol. The van der Waals surface area contributed by atoms with Crippen LogP contribution < -0.4 is 14.2 Å². The van der Waals surface area contributed by atoms with Crippen molar-refractivity contribution >= 4 is 16.8 Å². The molecule has 1 amide bonds. The lowest BCUT2D eigenvalue weighted by Gasteiger charge is -2.38. The van der Waals surface area contributed by atoms with Crippen LogP contribution in [0.3, 0.4) is 0 Å². The lowest BCUT2D eigenvalue weighted by atomic mass is 10.0. The molecule has 0 radical (unpaired) electrons. The van der Waals surface area contributed by atoms with E-state index in [1.165, 1.54) is 25.7 Å². The van der Waals surface area contributed by atoms with Crippen LogP contribution >= 0.6 is 0 Å². The zero-order chi connectivity index (χ0) is 24.4. The number of fused-ring (bicyclic) bond motifs is 1. The number of aromatic nitrogens is 1. The number of para-hydroxylation sites is 1. The molecule has 2 fully saturated rings. The molecule has 0 atom stereocenters. The Balaban J connectivity index is 1.49. The fourth-order valence-corrected chi connectivity index (χ4v) is 5.46. The van der Waals surface area contributed by atoms with Crippen molar-refractivity contribution in [2.45, 2.75) is 31.7 Å². The summed E-state index contributed by atoms with van der Waals surface area (Å²) in [6, 6.07) is 14.2. The van der Waals surface area contributed by atoms with E-state index < -0.39 is 0 Å². The highest BCUT2D eigenvalue weighted by Crippen LogP contribution is 2.41. The highest BCUT2D eigenvalue weighted by atomic mass is 16.5. The monoisotopic (exact) mass is 475 g/mol. The Morgan fingerprint density at radius 1 is 0.886 bits per heavy atom. The molecule has 7 heteroatoms. The zero-order valence-corrected chi connectivity index (χ0v) is 20.8. The third-order valence-electron chi connectivity index (χ3n) is 7.35. The van der Waals surface area contributed by atoms with E-state index in [9.17, 15) is 4.79 Å². The third kappa shape index (κ3) is 4.52. The van der Waals surface area contributed by atoms with E-state index in [0.29, 0.717) is 34.5 Å². The van der Waals surface area contributed by atoms with Crippen molar-refractivity contribution in [3.8, 4) is 28.5 Å². The van der Waals surface area contributed by atoms with Crippen LogP contribution in [0.5, 0.6) is 17.2 Å². The number of rotatable bonds is 6. The number of hydrogen-bond acceptors (Lipinski definition) is 6. The normalized spacial score (nSPS) is 17.1. The highest BCUT2D eigenvalue weighted by Gasteiger charge is 2.29. The summed E-state index contributed by atoms with van der Waals surface area (Å²) in [5.74, 6) is 1.68. The molecule has 1 saturated heterocycles. The van der Waals surface area contributed by atoms with Gasteiger partial charge in [0.1, 0.15) is 0 Å². The van der Waals surface area contributed by atoms with Crippen LogP contribution in [-0.2, 0) is 0 Å². The summed E-state index contributed by atoms with van der Waals surface area (Å²) >= 11 is 0. The van der Waals surface area contributed by atoms with Crippen LogP contribution in [0.4, 0.5) is 0 Å². The van der Waals surface area contributed by atoms with Gasteiger partial charge in [0.05, 0.1) is 38.1 Å².